The molecule has 1 radical (unpaired) electrons. The lowest BCUT2D eigenvalue weighted by Gasteiger charge is -2.00. The molecule has 0 saturated carbocycles. The van der Waals surface area contributed by atoms with Gasteiger partial charge in [-0.3, -0.25) is 0 Å². The first-order chi connectivity index (χ1) is 4.41. The summed E-state index contributed by atoms with van der Waals surface area (Å²) < 4.78 is 9.90. The van der Waals surface area contributed by atoms with Gasteiger partial charge in [0.25, 0.3) is 0 Å². The van der Waals surface area contributed by atoms with Gasteiger partial charge in [-0.25, -0.2) is 0 Å². The fourth-order valence-electron chi connectivity index (χ4n) is 0.377. The molecule has 0 fully saturated rings. The third-order valence-electron chi connectivity index (χ3n) is 0.738. The maximum absolute atomic E-state index is 5.34. The van der Waals surface area contributed by atoms with Gasteiger partial charge in [0.15, 0.2) is 0 Å². The molecule has 0 aliphatic carbocycles. The summed E-state index contributed by atoms with van der Waals surface area (Å²) in [7, 11) is 0. The van der Waals surface area contributed by atoms with Crippen LogP contribution in [0.4, 0.5) is 0 Å². The molecule has 0 N–H and O–H groups in total. The smallest absolute Gasteiger partial charge is 0.0701 e. The molecule has 0 rings (SSSR count). The highest BCUT2D eigenvalue weighted by Crippen LogP contribution is 1.79. The van der Waals surface area contributed by atoms with Crippen molar-refractivity contribution < 1.29 is 9.47 Å². The molecule has 9 heavy (non-hydrogen) atoms. The maximum Gasteiger partial charge on any atom is 0.0701 e. The number of ether oxygens (including phenoxy) is 2. The van der Waals surface area contributed by atoms with E-state index in [0.29, 0.717) is 32.3 Å². The Labute approximate surface area is 61.1 Å². The van der Waals surface area contributed by atoms with Gasteiger partial charge in [0.05, 0.1) is 19.8 Å². The lowest BCUT2D eigenvalue weighted by Crippen LogP contribution is -2.05. The van der Waals surface area contributed by atoms with Crippen LogP contribution in [0.15, 0.2) is 0 Å². The van der Waals surface area contributed by atoms with E-state index >= 15 is 0 Å². The number of hydrogen-bond acceptors (Lipinski definition) is 2. The molecule has 0 heterocycles. The second kappa shape index (κ2) is 8.21. The van der Waals surface area contributed by atoms with Crippen molar-refractivity contribution in [2.75, 3.05) is 32.3 Å². The van der Waals surface area contributed by atoms with Gasteiger partial charge in [0.1, 0.15) is 0 Å². The van der Waals surface area contributed by atoms with Crippen LogP contribution < -0.4 is 0 Å². The highest BCUT2D eigenvalue weighted by Gasteiger charge is 1.84. The predicted octanol–water partition coefficient (Wildman–Crippen LogP) is 1.09. The van der Waals surface area contributed by atoms with Crippen LogP contribution in [0.2, 0.25) is 0 Å². The van der Waals surface area contributed by atoms with Gasteiger partial charge in [0, 0.05) is 12.5 Å². The monoisotopic (exact) mass is 151 g/mol. The zero-order valence-corrected chi connectivity index (χ0v) is 6.19. The molecule has 0 aliphatic rings. The van der Waals surface area contributed by atoms with E-state index in [9.17, 15) is 0 Å². The average Bonchev–Trinajstić information content (AvgIpc) is 1.89. The fraction of sp³-hybridized carbons (Fsp3) is 0.833. The van der Waals surface area contributed by atoms with Gasteiger partial charge < -0.3 is 9.47 Å². The minimum Gasteiger partial charge on any atom is -0.379 e. The minimum absolute atomic E-state index is 0.504. The first-order valence-corrected chi connectivity index (χ1v) is 3.46. The molecule has 0 atom stereocenters. The molecule has 0 spiro atoms. The third-order valence-corrected chi connectivity index (χ3v) is 0.892. The molecule has 3 heteroatoms. The van der Waals surface area contributed by atoms with Crippen LogP contribution in [-0.4, -0.2) is 32.3 Å². The highest BCUT2D eigenvalue weighted by atomic mass is 35.5. The van der Waals surface area contributed by atoms with Crippen molar-refractivity contribution in [1.82, 2.24) is 0 Å². The van der Waals surface area contributed by atoms with Crippen molar-refractivity contribution >= 4 is 11.6 Å². The van der Waals surface area contributed by atoms with E-state index in [-0.39, 0.29) is 0 Å². The number of hydrogen-bond donors (Lipinski definition) is 0. The SMILES string of the molecule is [CH2]COCCOCCCl. The van der Waals surface area contributed by atoms with E-state index in [2.05, 4.69) is 6.92 Å². The van der Waals surface area contributed by atoms with Crippen molar-refractivity contribution in [2.45, 2.75) is 0 Å². The minimum atomic E-state index is 0.504. The molecular weight excluding hydrogens is 140 g/mol. The Morgan fingerprint density at radius 2 is 1.78 bits per heavy atom. The lowest BCUT2D eigenvalue weighted by atomic mass is 10.7. The molecule has 2 nitrogen and oxygen atoms in total. The summed E-state index contributed by atoms with van der Waals surface area (Å²) >= 11 is 5.34. The second-order valence-corrected chi connectivity index (χ2v) is 1.79. The van der Waals surface area contributed by atoms with E-state index in [1.54, 1.807) is 0 Å². The van der Waals surface area contributed by atoms with Gasteiger partial charge in [-0.2, -0.15) is 0 Å². The first kappa shape index (κ1) is 9.21. The summed E-state index contributed by atoms with van der Waals surface area (Å²) in [6.07, 6.45) is 0. The average molecular weight is 152 g/mol. The zero-order valence-electron chi connectivity index (χ0n) is 5.44. The van der Waals surface area contributed by atoms with Crippen molar-refractivity contribution in [3.05, 3.63) is 6.92 Å². The normalized spacial score (nSPS) is 10.0. The predicted molar refractivity (Wildman–Crippen MR) is 37.7 cm³/mol. The Morgan fingerprint density at radius 3 is 2.33 bits per heavy atom. The van der Waals surface area contributed by atoms with Crippen molar-refractivity contribution in [3.8, 4) is 0 Å². The van der Waals surface area contributed by atoms with Gasteiger partial charge in [0.2, 0.25) is 0 Å². The van der Waals surface area contributed by atoms with Crippen LogP contribution in [-0.2, 0) is 9.47 Å². The van der Waals surface area contributed by atoms with Crippen LogP contribution in [0.25, 0.3) is 0 Å². The summed E-state index contributed by atoms with van der Waals surface area (Å²) in [5.74, 6) is 0.546. The number of alkyl halides is 1. The zero-order chi connectivity index (χ0) is 6.95. The van der Waals surface area contributed by atoms with Crippen LogP contribution >= 0.6 is 11.6 Å². The van der Waals surface area contributed by atoms with E-state index in [1.165, 1.54) is 0 Å². The molecule has 0 unspecified atom stereocenters. The molecule has 0 aromatic rings. The number of rotatable bonds is 6. The molecule has 0 aliphatic heterocycles. The Kier molecular flexibility index (Phi) is 8.40. The van der Waals surface area contributed by atoms with Gasteiger partial charge in [-0.05, 0) is 6.92 Å². The lowest BCUT2D eigenvalue weighted by molar-refractivity contribution is 0.0646. The fourth-order valence-corrected chi connectivity index (χ4v) is 0.486. The second-order valence-electron chi connectivity index (χ2n) is 1.41. The van der Waals surface area contributed by atoms with E-state index in [0.717, 1.165) is 0 Å². The molecule has 0 aromatic carbocycles. The summed E-state index contributed by atoms with van der Waals surface area (Å²) in [6.45, 7) is 5.83. The molecule has 0 aromatic heterocycles. The summed E-state index contributed by atoms with van der Waals surface area (Å²) in [5, 5.41) is 0. The largest absolute Gasteiger partial charge is 0.379 e. The summed E-state index contributed by atoms with van der Waals surface area (Å²) in [6, 6.07) is 0. The Bertz CT molecular complexity index is 44.3. The molecule has 0 saturated heterocycles. The molecular formula is C6H12ClO2. The summed E-state index contributed by atoms with van der Waals surface area (Å²) in [5.41, 5.74) is 0. The Hall–Kier alpha value is 0.210. The van der Waals surface area contributed by atoms with Gasteiger partial charge >= 0.3 is 0 Å². The van der Waals surface area contributed by atoms with Gasteiger partial charge in [-0.1, -0.05) is 0 Å². The van der Waals surface area contributed by atoms with Crippen molar-refractivity contribution in [1.29, 1.82) is 0 Å². The van der Waals surface area contributed by atoms with E-state index in [4.69, 9.17) is 21.1 Å². The highest BCUT2D eigenvalue weighted by molar-refractivity contribution is 6.17. The quantitative estimate of drug-likeness (QED) is 0.418. The van der Waals surface area contributed by atoms with Crippen molar-refractivity contribution in [2.24, 2.45) is 0 Å². The standard InChI is InChI=1S/C6H12ClO2/c1-2-8-5-6-9-4-3-7/h1-6H2. The molecule has 0 bridgehead atoms. The van der Waals surface area contributed by atoms with Crippen molar-refractivity contribution in [3.63, 3.8) is 0 Å². The van der Waals surface area contributed by atoms with Crippen LogP contribution in [0.3, 0.4) is 0 Å². The topological polar surface area (TPSA) is 18.5 Å². The molecule has 0 amide bonds. The number of halogens is 1. The Balaban J connectivity index is 2.60. The van der Waals surface area contributed by atoms with Crippen LogP contribution in [0.1, 0.15) is 0 Å². The van der Waals surface area contributed by atoms with E-state index in [1.807, 2.05) is 0 Å². The Morgan fingerprint density at radius 1 is 1.11 bits per heavy atom. The van der Waals surface area contributed by atoms with Crippen LogP contribution in [0, 0.1) is 6.92 Å². The van der Waals surface area contributed by atoms with Gasteiger partial charge in [-0.15, -0.1) is 11.6 Å². The molecule has 55 valence electrons. The van der Waals surface area contributed by atoms with Crippen LogP contribution in [0.5, 0.6) is 0 Å². The maximum atomic E-state index is 5.34. The third kappa shape index (κ3) is 8.21. The first-order valence-electron chi connectivity index (χ1n) is 2.92. The summed E-state index contributed by atoms with van der Waals surface area (Å²) in [4.78, 5) is 0. The van der Waals surface area contributed by atoms with E-state index < -0.39 is 0 Å².